The molecule has 6 aliphatic rings. The van der Waals surface area contributed by atoms with Crippen molar-refractivity contribution in [3.63, 3.8) is 0 Å². The molecule has 0 spiro atoms. The average Bonchev–Trinajstić information content (AvgIpc) is 1.68. The number of amides is 17. The monoisotopic (exact) mass is 1570 g/mol. The van der Waals surface area contributed by atoms with Gasteiger partial charge in [-0.15, -0.1) is 0 Å². The smallest absolute Gasteiger partial charge is 0.469 e. The van der Waals surface area contributed by atoms with Crippen LogP contribution in [0.3, 0.4) is 0 Å². The van der Waals surface area contributed by atoms with E-state index >= 15 is 0 Å². The Morgan fingerprint density at radius 2 is 1.02 bits per heavy atom. The number of nitrogens with zero attached hydrogens (tertiary/aromatic N) is 4. The molecule has 14 atom stereocenters. The SMILES string of the molecule is CC(C)[C@H](NC(=O)[C@H](CC(=O)O)NC(=O)[C@@H]1CCCN1C(=O)[C@H](CC(=O)O)NC(=O)CNC(=O)CNC(=O)CCCC[C@@H]1SC[C@@H]2NC(=O)N[C@@H]21)C(=O)N1CCC[C@H]1C(=O)N[C@@H](COP(=O)(O)O)C(=O)N1CCC[C@H]1C(=O)N[C@@H](CO)C(=O)N[C@@H](CC(N)=O)C(=O)N1CCC[C@H]1C(=O)N[C@@H](CCCCN)C(N)=O. The Kier molecular flexibility index (Phi) is 33.5. The number of primary amides is 2. The highest BCUT2D eigenvalue weighted by Crippen LogP contribution is 2.37. The van der Waals surface area contributed by atoms with Gasteiger partial charge in [-0.3, -0.25) is 86.0 Å². The Balaban J connectivity index is 1.04. The van der Waals surface area contributed by atoms with Crippen LogP contribution >= 0.6 is 19.6 Å². The van der Waals surface area contributed by atoms with Crippen molar-refractivity contribution in [2.24, 2.45) is 23.1 Å². The summed E-state index contributed by atoms with van der Waals surface area (Å²) >= 11 is 1.73. The van der Waals surface area contributed by atoms with Crippen LogP contribution in [0, 0.1) is 5.92 Å². The molecule has 22 N–H and O–H groups in total. The minimum Gasteiger partial charge on any atom is -0.481 e. The van der Waals surface area contributed by atoms with Crippen molar-refractivity contribution in [1.29, 1.82) is 0 Å². The van der Waals surface area contributed by atoms with Gasteiger partial charge in [-0.1, -0.05) is 20.3 Å². The number of phosphoric acid groups is 1. The van der Waals surface area contributed by atoms with E-state index in [1.54, 1.807) is 11.8 Å². The minimum atomic E-state index is -5.43. The Morgan fingerprint density at radius 1 is 0.556 bits per heavy atom. The fourth-order valence-corrected chi connectivity index (χ4v) is 15.5. The van der Waals surface area contributed by atoms with Crippen molar-refractivity contribution in [2.45, 2.75) is 213 Å². The first-order chi connectivity index (χ1) is 51.0. The second-order valence-corrected chi connectivity index (χ2v) is 29.9. The molecule has 17 amide bonds. The lowest BCUT2D eigenvalue weighted by Gasteiger charge is -2.33. The van der Waals surface area contributed by atoms with Crippen LogP contribution in [-0.2, 0) is 90.6 Å². The summed E-state index contributed by atoms with van der Waals surface area (Å²) in [5, 5.41) is 57.1. The van der Waals surface area contributed by atoms with E-state index in [1.807, 2.05) is 0 Å². The molecule has 6 heterocycles. The zero-order valence-electron chi connectivity index (χ0n) is 59.7. The van der Waals surface area contributed by atoms with Crippen LogP contribution in [0.1, 0.15) is 129 Å². The predicted molar refractivity (Wildman–Crippen MR) is 373 cm³/mol. The number of carbonyl (C=O) groups excluding carboxylic acids is 16. The van der Waals surface area contributed by atoms with Crippen molar-refractivity contribution in [2.75, 3.05) is 64.8 Å². The van der Waals surface area contributed by atoms with Gasteiger partial charge >= 0.3 is 25.8 Å². The highest BCUT2D eigenvalue weighted by Gasteiger charge is 2.47. The second-order valence-electron chi connectivity index (χ2n) is 27.4. The summed E-state index contributed by atoms with van der Waals surface area (Å²) in [6.45, 7) is -1.07. The number of carboxylic acids is 2. The molecule has 602 valence electrons. The molecule has 0 aromatic rings. The van der Waals surface area contributed by atoms with Crippen LogP contribution in [0.2, 0.25) is 0 Å². The maximum Gasteiger partial charge on any atom is 0.469 e. The zero-order valence-corrected chi connectivity index (χ0v) is 61.4. The molecule has 108 heavy (non-hydrogen) atoms. The summed E-state index contributed by atoms with van der Waals surface area (Å²) in [7, 11) is -5.43. The lowest BCUT2D eigenvalue weighted by atomic mass is 10.0. The first-order valence-corrected chi connectivity index (χ1v) is 38.2. The fourth-order valence-electron chi connectivity index (χ4n) is 13.6. The van der Waals surface area contributed by atoms with Gasteiger partial charge in [0.25, 0.3) is 0 Å². The summed E-state index contributed by atoms with van der Waals surface area (Å²) in [5.41, 5.74) is 16.5. The lowest BCUT2D eigenvalue weighted by molar-refractivity contribution is -0.147. The number of likely N-dealkylation sites (tertiary alicyclic amines) is 4. The van der Waals surface area contributed by atoms with Gasteiger partial charge in [0.15, 0.2) is 0 Å². The second kappa shape index (κ2) is 41.3. The van der Waals surface area contributed by atoms with E-state index in [1.165, 1.54) is 13.8 Å². The number of nitrogens with two attached hydrogens (primary N) is 3. The van der Waals surface area contributed by atoms with E-state index in [4.69, 9.17) is 17.2 Å². The summed E-state index contributed by atoms with van der Waals surface area (Å²) < 4.78 is 16.7. The number of phosphoric ester groups is 1. The molecule has 0 aromatic carbocycles. The standard InChI is InChI=1S/C63H99N18O25PS/c1-31(2)50(76-53(92)33(24-48(87)88)71-56(95)40-13-8-20-79(40)60(99)35(25-49(89)90)69-47(86)27-68-46(85)26-67-45(84)17-4-3-16-43-51-38(30-108-43)75-63(102)77-51)62(101)81-22-10-15-42(81)58(97)74-37(29-106-107(103,104)105)61(100)80-21-9-14-41(80)57(96)73-36(28-82)54(93)72-34(23-44(65)83)59(98)78-19-7-12-39(78)55(94)70-32(52(66)91)11-5-6-18-64/h31-43,50-51,82H,3-30,64H2,1-2H3,(H2,65,83)(H2,66,91)(H,67,84)(H,68,85)(H,69,86)(H,70,94)(H,71,95)(H,72,93)(H,73,96)(H,74,97)(H,76,92)(H,87,88)(H,89,90)(H2,75,77,102)(H2,103,104,105)/t32-,33-,34-,35-,36-,37-,38-,39-,40-,41-,42-,43-,50-,51-/m0/s1. The van der Waals surface area contributed by atoms with Crippen molar-refractivity contribution < 1.29 is 120 Å². The quantitative estimate of drug-likeness (QED) is 0.0153. The molecular formula is C63H99N18O25PS. The Bertz CT molecular complexity index is 3430. The number of carbonyl (C=O) groups is 18. The summed E-state index contributed by atoms with van der Waals surface area (Å²) in [4.78, 5) is 263. The molecule has 0 aliphatic carbocycles. The van der Waals surface area contributed by atoms with Crippen molar-refractivity contribution >= 4 is 126 Å². The zero-order chi connectivity index (χ0) is 79.9. The normalized spacial score (nSPS) is 22.1. The first-order valence-electron chi connectivity index (χ1n) is 35.6. The molecule has 45 heteroatoms. The van der Waals surface area contributed by atoms with Crippen molar-refractivity contribution in [3.05, 3.63) is 0 Å². The number of unbranched alkanes of at least 4 members (excludes halogenated alkanes) is 2. The molecule has 0 saturated carbocycles. The van der Waals surface area contributed by atoms with Crippen LogP contribution in [0.15, 0.2) is 0 Å². The Hall–Kier alpha value is -9.36. The Morgan fingerprint density at radius 3 is 1.51 bits per heavy atom. The molecule has 6 fully saturated rings. The van der Waals surface area contributed by atoms with Crippen LogP contribution in [-0.4, -0.2) is 300 Å². The number of hydrogen-bond donors (Lipinski definition) is 19. The van der Waals surface area contributed by atoms with Gasteiger partial charge in [-0.05, 0) is 95.9 Å². The van der Waals surface area contributed by atoms with Crippen LogP contribution in [0.25, 0.3) is 0 Å². The highest BCUT2D eigenvalue weighted by atomic mass is 32.2. The van der Waals surface area contributed by atoms with E-state index in [2.05, 4.69) is 63.0 Å². The van der Waals surface area contributed by atoms with Crippen LogP contribution in [0.4, 0.5) is 4.79 Å². The molecule has 6 aliphatic heterocycles. The van der Waals surface area contributed by atoms with Gasteiger partial charge in [0.1, 0.15) is 66.5 Å². The lowest BCUT2D eigenvalue weighted by Crippen LogP contribution is -2.61. The number of carboxylic acid groups (broad SMARTS) is 2. The number of aliphatic hydroxyl groups is 1. The maximum absolute atomic E-state index is 14.6. The van der Waals surface area contributed by atoms with Crippen molar-refractivity contribution in [3.8, 4) is 0 Å². The average molecular weight is 1570 g/mol. The third-order valence-corrected chi connectivity index (χ3v) is 21.0. The number of aliphatic hydroxyl groups excluding tert-OH is 1. The predicted octanol–water partition coefficient (Wildman–Crippen LogP) is -8.50. The van der Waals surface area contributed by atoms with Gasteiger partial charge < -0.3 is 120 Å². The van der Waals surface area contributed by atoms with Gasteiger partial charge in [0.2, 0.25) is 88.6 Å². The number of fused-ring (bicyclic) bond motifs is 1. The minimum absolute atomic E-state index is 0.00891. The largest absolute Gasteiger partial charge is 0.481 e. The molecule has 0 unspecified atom stereocenters. The molecular weight excluding hydrogens is 1470 g/mol. The number of urea groups is 1. The number of nitrogens with one attached hydrogen (secondary N) is 11. The van der Waals surface area contributed by atoms with E-state index in [-0.39, 0.29) is 114 Å². The van der Waals surface area contributed by atoms with Crippen LogP contribution < -0.4 is 75.7 Å². The molecule has 6 saturated heterocycles. The van der Waals surface area contributed by atoms with E-state index in [0.29, 0.717) is 32.2 Å². The molecule has 43 nitrogen and oxygen atoms in total. The molecule has 0 bridgehead atoms. The third-order valence-electron chi connectivity index (χ3n) is 19.0. The summed E-state index contributed by atoms with van der Waals surface area (Å²) in [6.07, 6.45) is 0.574. The summed E-state index contributed by atoms with van der Waals surface area (Å²) in [6, 6.07) is -18.0. The van der Waals surface area contributed by atoms with E-state index < -0.39 is 226 Å². The molecule has 6 rings (SSSR count). The summed E-state index contributed by atoms with van der Waals surface area (Å²) in [5.74, 6) is -18.1. The Labute approximate surface area is 623 Å². The topological polar surface area (TPSA) is 658 Å². The first kappa shape index (κ1) is 87.5. The molecule has 0 aromatic heterocycles. The third kappa shape index (κ3) is 25.7. The molecule has 0 radical (unpaired) electrons. The number of rotatable bonds is 42. The number of thioether (sulfide) groups is 1. The maximum atomic E-state index is 14.6. The number of hydrogen-bond acceptors (Lipinski definition) is 23. The van der Waals surface area contributed by atoms with E-state index in [0.717, 1.165) is 31.8 Å². The fraction of sp³-hybridized carbons (Fsp3) is 0.714. The van der Waals surface area contributed by atoms with Gasteiger partial charge in [0, 0.05) is 43.6 Å². The van der Waals surface area contributed by atoms with Gasteiger partial charge in [-0.25, -0.2) is 9.36 Å². The van der Waals surface area contributed by atoms with Gasteiger partial charge in [-0.2, -0.15) is 11.8 Å². The van der Waals surface area contributed by atoms with Crippen LogP contribution in [0.5, 0.6) is 0 Å². The van der Waals surface area contributed by atoms with Gasteiger partial charge in [0.05, 0.1) is 57.6 Å². The van der Waals surface area contributed by atoms with E-state index in [9.17, 15) is 116 Å². The highest BCUT2D eigenvalue weighted by molar-refractivity contribution is 8.00. The van der Waals surface area contributed by atoms with Crippen molar-refractivity contribution in [1.82, 2.24) is 78.1 Å². The number of aliphatic carboxylic acids is 2.